The third-order valence-electron chi connectivity index (χ3n) is 4.77. The second-order valence-corrected chi connectivity index (χ2v) is 8.42. The van der Waals surface area contributed by atoms with Crippen LogP contribution in [0, 0.1) is 20.8 Å². The van der Waals surface area contributed by atoms with Crippen molar-refractivity contribution in [2.45, 2.75) is 27.4 Å². The number of halogens is 1. The van der Waals surface area contributed by atoms with Gasteiger partial charge in [-0.2, -0.15) is 9.61 Å². The maximum atomic E-state index is 12.8. The number of methoxy groups -OCH3 is 1. The Kier molecular flexibility index (Phi) is 5.55. The number of esters is 1. The van der Waals surface area contributed by atoms with E-state index in [-0.39, 0.29) is 12.2 Å². The van der Waals surface area contributed by atoms with Gasteiger partial charge in [-0.3, -0.25) is 4.79 Å². The maximum Gasteiger partial charge on any atom is 0.340 e. The Bertz CT molecular complexity index is 1370. The second kappa shape index (κ2) is 8.16. The fourth-order valence-electron chi connectivity index (χ4n) is 3.40. The quantitative estimate of drug-likeness (QED) is 0.422. The largest absolute Gasteiger partial charge is 0.495 e. The molecule has 0 spiro atoms. The van der Waals surface area contributed by atoms with Gasteiger partial charge < -0.3 is 14.0 Å². The zero-order valence-corrected chi connectivity index (χ0v) is 18.9. The van der Waals surface area contributed by atoms with Crippen molar-refractivity contribution in [1.82, 2.24) is 19.2 Å². The molecule has 0 saturated carbocycles. The summed E-state index contributed by atoms with van der Waals surface area (Å²) in [5.74, 6) is 0.143. The summed E-state index contributed by atoms with van der Waals surface area (Å²) in [5.41, 5.74) is 3.02. The zero-order valence-electron chi connectivity index (χ0n) is 17.3. The number of carbonyl (C=O) groups excluding carboxylic acids is 1. The fourth-order valence-corrected chi connectivity index (χ4v) is 4.43. The number of benzene rings is 1. The molecule has 4 rings (SSSR count). The van der Waals surface area contributed by atoms with E-state index in [1.807, 2.05) is 18.4 Å². The number of aryl methyl sites for hydroxylation is 2. The third-order valence-corrected chi connectivity index (χ3v) is 5.89. The van der Waals surface area contributed by atoms with Crippen LogP contribution in [0.5, 0.6) is 5.75 Å². The van der Waals surface area contributed by atoms with Crippen LogP contribution in [0.25, 0.3) is 10.6 Å². The summed E-state index contributed by atoms with van der Waals surface area (Å²) in [6, 6.07) is 8.46. The van der Waals surface area contributed by atoms with Gasteiger partial charge in [0.05, 0.1) is 18.4 Å². The maximum absolute atomic E-state index is 12.8. The Morgan fingerprint density at radius 2 is 1.97 bits per heavy atom. The van der Waals surface area contributed by atoms with Crippen LogP contribution in [0.2, 0.25) is 5.02 Å². The fraction of sp³-hybridized carbons (Fsp3) is 0.238. The van der Waals surface area contributed by atoms with Crippen molar-refractivity contribution in [3.05, 3.63) is 73.4 Å². The van der Waals surface area contributed by atoms with E-state index >= 15 is 0 Å². The van der Waals surface area contributed by atoms with Gasteiger partial charge in [-0.25, -0.2) is 9.78 Å². The van der Waals surface area contributed by atoms with Gasteiger partial charge in [-0.15, -0.1) is 0 Å². The van der Waals surface area contributed by atoms with E-state index in [0.29, 0.717) is 37.7 Å². The van der Waals surface area contributed by atoms with Crippen LogP contribution in [0.4, 0.5) is 0 Å². The van der Waals surface area contributed by atoms with E-state index in [0.717, 1.165) is 11.4 Å². The molecule has 31 heavy (non-hydrogen) atoms. The summed E-state index contributed by atoms with van der Waals surface area (Å²) < 4.78 is 14.0. The molecule has 0 aliphatic heterocycles. The highest BCUT2D eigenvalue weighted by Gasteiger charge is 2.21. The van der Waals surface area contributed by atoms with Crippen molar-refractivity contribution >= 4 is 33.9 Å². The summed E-state index contributed by atoms with van der Waals surface area (Å²) >= 11 is 7.38. The first-order valence-electron chi connectivity index (χ1n) is 9.35. The van der Waals surface area contributed by atoms with Gasteiger partial charge in [0.2, 0.25) is 4.96 Å². The van der Waals surface area contributed by atoms with Crippen LogP contribution in [-0.2, 0) is 11.3 Å². The summed E-state index contributed by atoms with van der Waals surface area (Å²) in [6.45, 7) is 5.40. The molecule has 1 aromatic carbocycles. The standard InChI is InChI=1S/C21H19ClN4O4S/c1-11-7-19(27)26-21(23-11)31-18(24-26)10-30-20(28)15-8-12(2)25(13(15)3)16-9-14(22)5-6-17(16)29-4/h5-9H,10H2,1-4H3. The number of fused-ring (bicyclic) bond motifs is 1. The highest BCUT2D eigenvalue weighted by atomic mass is 35.5. The molecular formula is C21H19ClN4O4S. The SMILES string of the molecule is COc1ccc(Cl)cc1-n1c(C)cc(C(=O)OCc2nn3c(=O)cc(C)nc3s2)c1C. The Hall–Kier alpha value is -3.17. The molecule has 160 valence electrons. The topological polar surface area (TPSA) is 87.7 Å². The number of ether oxygens (including phenoxy) is 2. The molecule has 0 bridgehead atoms. The minimum absolute atomic E-state index is 0.0600. The summed E-state index contributed by atoms with van der Waals surface area (Å²) in [4.78, 5) is 29.5. The Morgan fingerprint density at radius 1 is 1.19 bits per heavy atom. The molecule has 0 amide bonds. The van der Waals surface area contributed by atoms with E-state index in [2.05, 4.69) is 10.1 Å². The lowest BCUT2D eigenvalue weighted by Gasteiger charge is -2.14. The molecule has 0 atom stereocenters. The average molecular weight is 459 g/mol. The van der Waals surface area contributed by atoms with Gasteiger partial charge in [0.1, 0.15) is 12.4 Å². The molecule has 3 aromatic heterocycles. The predicted octanol–water partition coefficient (Wildman–Crippen LogP) is 3.89. The second-order valence-electron chi connectivity index (χ2n) is 6.94. The van der Waals surface area contributed by atoms with Gasteiger partial charge in [0.25, 0.3) is 5.56 Å². The van der Waals surface area contributed by atoms with E-state index in [4.69, 9.17) is 21.1 Å². The molecule has 3 heterocycles. The molecule has 10 heteroatoms. The first kappa shape index (κ1) is 21.1. The van der Waals surface area contributed by atoms with Crippen LogP contribution in [0.1, 0.15) is 32.4 Å². The molecule has 0 unspecified atom stereocenters. The van der Waals surface area contributed by atoms with Crippen molar-refractivity contribution in [2.24, 2.45) is 0 Å². The van der Waals surface area contributed by atoms with Crippen LogP contribution >= 0.6 is 22.9 Å². The van der Waals surface area contributed by atoms with Crippen molar-refractivity contribution in [2.75, 3.05) is 7.11 Å². The lowest BCUT2D eigenvalue weighted by Crippen LogP contribution is -2.14. The highest BCUT2D eigenvalue weighted by Crippen LogP contribution is 2.31. The van der Waals surface area contributed by atoms with Crippen LogP contribution in [0.15, 0.2) is 35.1 Å². The van der Waals surface area contributed by atoms with E-state index in [9.17, 15) is 9.59 Å². The van der Waals surface area contributed by atoms with Crippen molar-refractivity contribution < 1.29 is 14.3 Å². The predicted molar refractivity (Wildman–Crippen MR) is 118 cm³/mol. The molecule has 8 nitrogen and oxygen atoms in total. The number of rotatable bonds is 5. The van der Waals surface area contributed by atoms with Crippen molar-refractivity contribution in [3.8, 4) is 11.4 Å². The molecule has 4 aromatic rings. The highest BCUT2D eigenvalue weighted by molar-refractivity contribution is 7.16. The Morgan fingerprint density at radius 3 is 2.71 bits per heavy atom. The van der Waals surface area contributed by atoms with Gasteiger partial charge in [-0.1, -0.05) is 22.9 Å². The van der Waals surface area contributed by atoms with Crippen LogP contribution in [-0.4, -0.2) is 32.2 Å². The molecular weight excluding hydrogens is 440 g/mol. The summed E-state index contributed by atoms with van der Waals surface area (Å²) in [6.07, 6.45) is 0. The Labute approximate surface area is 186 Å². The monoisotopic (exact) mass is 458 g/mol. The molecule has 0 radical (unpaired) electrons. The number of aromatic nitrogens is 4. The molecule has 0 saturated heterocycles. The molecule has 0 aliphatic rings. The molecule has 0 fully saturated rings. The minimum Gasteiger partial charge on any atom is -0.495 e. The van der Waals surface area contributed by atoms with Gasteiger partial charge in [0, 0.05) is 28.2 Å². The lowest BCUT2D eigenvalue weighted by molar-refractivity contribution is 0.0470. The normalized spacial score (nSPS) is 11.1. The first-order valence-corrected chi connectivity index (χ1v) is 10.5. The van der Waals surface area contributed by atoms with Gasteiger partial charge in [-0.05, 0) is 45.0 Å². The van der Waals surface area contributed by atoms with Crippen LogP contribution in [0.3, 0.4) is 0 Å². The lowest BCUT2D eigenvalue weighted by atomic mass is 10.2. The molecule has 0 N–H and O–H groups in total. The van der Waals surface area contributed by atoms with Crippen molar-refractivity contribution in [1.29, 1.82) is 0 Å². The van der Waals surface area contributed by atoms with E-state index in [1.165, 1.54) is 21.9 Å². The average Bonchev–Trinajstić information content (AvgIpc) is 3.26. The smallest absolute Gasteiger partial charge is 0.340 e. The zero-order chi connectivity index (χ0) is 22.3. The third kappa shape index (κ3) is 3.94. The van der Waals surface area contributed by atoms with Gasteiger partial charge >= 0.3 is 5.97 Å². The van der Waals surface area contributed by atoms with Crippen molar-refractivity contribution in [3.63, 3.8) is 0 Å². The van der Waals surface area contributed by atoms with E-state index < -0.39 is 5.97 Å². The van der Waals surface area contributed by atoms with Crippen LogP contribution < -0.4 is 10.3 Å². The minimum atomic E-state index is -0.490. The number of hydrogen-bond acceptors (Lipinski definition) is 7. The Balaban J connectivity index is 1.61. The van der Waals surface area contributed by atoms with Gasteiger partial charge in [0.15, 0.2) is 5.01 Å². The van der Waals surface area contributed by atoms with E-state index in [1.54, 1.807) is 38.3 Å². The molecule has 0 aliphatic carbocycles. The number of carbonyl (C=O) groups is 1. The number of nitrogens with zero attached hydrogens (tertiary/aromatic N) is 4. The number of hydrogen-bond donors (Lipinski definition) is 0. The first-order chi connectivity index (χ1) is 14.8. The summed E-state index contributed by atoms with van der Waals surface area (Å²) in [7, 11) is 1.58. The summed E-state index contributed by atoms with van der Waals surface area (Å²) in [5, 5.41) is 5.23.